The first-order valence-electron chi connectivity index (χ1n) is 8.65. The average Bonchev–Trinajstić information content (AvgIpc) is 2.65. The van der Waals surface area contributed by atoms with E-state index in [0.29, 0.717) is 5.71 Å². The van der Waals surface area contributed by atoms with Crippen molar-refractivity contribution in [3.8, 4) is 0 Å². The van der Waals surface area contributed by atoms with Gasteiger partial charge in [-0.2, -0.15) is 0 Å². The Kier molecular flexibility index (Phi) is 5.55. The summed E-state index contributed by atoms with van der Waals surface area (Å²) in [5, 5.41) is 8.41. The van der Waals surface area contributed by atoms with E-state index < -0.39 is 0 Å². The normalized spacial score (nSPS) is 11.7. The number of nitrogens with one attached hydrogen (secondary N) is 1. The second-order valence-corrected chi connectivity index (χ2v) is 6.35. The predicted molar refractivity (Wildman–Crippen MR) is 111 cm³/mol. The van der Waals surface area contributed by atoms with Gasteiger partial charge in [-0.15, -0.1) is 0 Å². The molecule has 0 aliphatic heterocycles. The summed E-state index contributed by atoms with van der Waals surface area (Å²) in [4.78, 5) is 4.71. The van der Waals surface area contributed by atoms with E-state index in [-0.39, 0.29) is 0 Å². The third-order valence-electron chi connectivity index (χ3n) is 4.03. The van der Waals surface area contributed by atoms with Crippen LogP contribution in [0.25, 0.3) is 5.70 Å². The van der Waals surface area contributed by atoms with Crippen LogP contribution in [0.15, 0.2) is 89.9 Å². The van der Waals surface area contributed by atoms with Crippen LogP contribution in [0, 0.1) is 19.3 Å². The minimum Gasteiger partial charge on any atom is -0.300 e. The molecule has 0 atom stereocenters. The van der Waals surface area contributed by atoms with Gasteiger partial charge in [-0.3, -0.25) is 4.99 Å². The Hall–Kier alpha value is -3.26. The van der Waals surface area contributed by atoms with Crippen LogP contribution >= 0.6 is 0 Å². The van der Waals surface area contributed by atoms with Crippen molar-refractivity contribution in [3.63, 3.8) is 0 Å². The number of aryl methyl sites for hydroxylation is 2. The lowest BCUT2D eigenvalue weighted by Gasteiger charge is -2.05. The summed E-state index contributed by atoms with van der Waals surface area (Å²) in [6, 6.07) is 26.1. The maximum absolute atomic E-state index is 8.41. The lowest BCUT2D eigenvalue weighted by atomic mass is 10.1. The number of benzene rings is 3. The minimum atomic E-state index is 0.446. The van der Waals surface area contributed by atoms with Crippen molar-refractivity contribution in [1.82, 2.24) is 0 Å². The molecule has 0 aromatic heterocycles. The van der Waals surface area contributed by atoms with E-state index in [4.69, 9.17) is 10.4 Å². The number of hydrogen-bond donors (Lipinski definition) is 1. The van der Waals surface area contributed by atoms with E-state index in [1.165, 1.54) is 11.1 Å². The number of aliphatic imine (C=N–C) groups is 1. The first-order valence-corrected chi connectivity index (χ1v) is 8.65. The molecule has 3 aromatic carbocycles. The monoisotopic (exact) mass is 338 g/mol. The Balaban J connectivity index is 1.97. The van der Waals surface area contributed by atoms with Crippen molar-refractivity contribution in [2.45, 2.75) is 13.8 Å². The molecule has 0 heterocycles. The first kappa shape index (κ1) is 17.6. The summed E-state index contributed by atoms with van der Waals surface area (Å²) in [6.07, 6.45) is 3.70. The quantitative estimate of drug-likeness (QED) is 0.568. The molecule has 2 nitrogen and oxygen atoms in total. The molecular formula is C24H22N2. The van der Waals surface area contributed by atoms with Gasteiger partial charge in [0.05, 0.1) is 11.4 Å². The lowest BCUT2D eigenvalue weighted by Crippen LogP contribution is -1.96. The predicted octanol–water partition coefficient (Wildman–Crippen LogP) is 5.83. The molecule has 1 N–H and O–H groups in total. The number of allylic oxidation sites excluding steroid dienone is 1. The van der Waals surface area contributed by atoms with Gasteiger partial charge >= 0.3 is 0 Å². The third kappa shape index (κ3) is 4.64. The van der Waals surface area contributed by atoms with Crippen LogP contribution in [-0.4, -0.2) is 11.9 Å². The molecule has 0 saturated carbocycles. The van der Waals surface area contributed by atoms with Crippen molar-refractivity contribution >= 4 is 17.6 Å². The zero-order valence-electron chi connectivity index (χ0n) is 15.1. The van der Waals surface area contributed by atoms with Gasteiger partial charge in [0, 0.05) is 11.8 Å². The largest absolute Gasteiger partial charge is 0.300 e. The molecule has 0 fully saturated rings. The van der Waals surface area contributed by atoms with Crippen LogP contribution in [0.1, 0.15) is 27.8 Å². The average molecular weight is 338 g/mol. The van der Waals surface area contributed by atoms with Crippen LogP contribution in [0.4, 0.5) is 0 Å². The highest BCUT2D eigenvalue weighted by molar-refractivity contribution is 6.10. The third-order valence-corrected chi connectivity index (χ3v) is 4.03. The van der Waals surface area contributed by atoms with E-state index in [1.807, 2.05) is 73.0 Å². The lowest BCUT2D eigenvalue weighted by molar-refractivity contribution is 1.37. The molecule has 0 bridgehead atoms. The smallest absolute Gasteiger partial charge is 0.0723 e. The van der Waals surface area contributed by atoms with Crippen molar-refractivity contribution in [2.24, 2.45) is 4.99 Å². The molecule has 0 aliphatic carbocycles. The molecular weight excluding hydrogens is 316 g/mol. The maximum atomic E-state index is 8.41. The molecule has 3 aromatic rings. The van der Waals surface area contributed by atoms with Gasteiger partial charge in [0.2, 0.25) is 0 Å². The molecule has 0 spiro atoms. The molecule has 2 heteroatoms. The highest BCUT2D eigenvalue weighted by Gasteiger charge is 2.03. The Morgan fingerprint density at radius 1 is 0.769 bits per heavy atom. The zero-order valence-corrected chi connectivity index (χ0v) is 15.1. The Morgan fingerprint density at radius 3 is 1.88 bits per heavy atom. The van der Waals surface area contributed by atoms with Crippen molar-refractivity contribution in [2.75, 3.05) is 0 Å². The Labute approximate surface area is 155 Å². The molecule has 3 rings (SSSR count). The fraction of sp³-hybridized carbons (Fsp3) is 0.0833. The molecule has 128 valence electrons. The Morgan fingerprint density at radius 2 is 1.31 bits per heavy atom. The molecule has 0 unspecified atom stereocenters. The molecule has 26 heavy (non-hydrogen) atoms. The molecule has 0 radical (unpaired) electrons. The summed E-state index contributed by atoms with van der Waals surface area (Å²) in [7, 11) is 0. The molecule has 0 saturated heterocycles. The van der Waals surface area contributed by atoms with Gasteiger partial charge in [0.1, 0.15) is 0 Å². The van der Waals surface area contributed by atoms with Crippen LogP contribution in [0.3, 0.4) is 0 Å². The number of rotatable bonds is 5. The van der Waals surface area contributed by atoms with Gasteiger partial charge in [-0.25, -0.2) is 0 Å². The van der Waals surface area contributed by atoms with Crippen molar-refractivity contribution in [3.05, 3.63) is 113 Å². The minimum absolute atomic E-state index is 0.446. The van der Waals surface area contributed by atoms with Crippen LogP contribution in [-0.2, 0) is 0 Å². The molecule has 0 amide bonds. The second kappa shape index (κ2) is 8.21. The van der Waals surface area contributed by atoms with E-state index in [2.05, 4.69) is 32.0 Å². The van der Waals surface area contributed by atoms with Crippen LogP contribution < -0.4 is 0 Å². The fourth-order valence-corrected chi connectivity index (χ4v) is 2.87. The van der Waals surface area contributed by atoms with Gasteiger partial charge in [0.15, 0.2) is 0 Å². The first-order chi connectivity index (χ1) is 12.6. The number of hydrogen-bond acceptors (Lipinski definition) is 2. The van der Waals surface area contributed by atoms with Crippen molar-refractivity contribution < 1.29 is 0 Å². The summed E-state index contributed by atoms with van der Waals surface area (Å²) in [5.41, 5.74) is 6.59. The summed E-state index contributed by atoms with van der Waals surface area (Å²) in [6.45, 7) is 4.17. The SMILES string of the molecule is Cc1cc(C)cc(C=N/C(=C\C(=N)c2ccccc2)c2ccccc2)c1. The molecule has 0 aliphatic rings. The van der Waals surface area contributed by atoms with E-state index in [0.717, 1.165) is 22.4 Å². The summed E-state index contributed by atoms with van der Waals surface area (Å²) in [5.74, 6) is 0. The summed E-state index contributed by atoms with van der Waals surface area (Å²) < 4.78 is 0. The highest BCUT2D eigenvalue weighted by Crippen LogP contribution is 2.18. The second-order valence-electron chi connectivity index (χ2n) is 6.35. The number of nitrogens with zero attached hydrogens (tertiary/aromatic N) is 1. The maximum Gasteiger partial charge on any atom is 0.0723 e. The Bertz CT molecular complexity index is 932. The van der Waals surface area contributed by atoms with Gasteiger partial charge in [-0.1, -0.05) is 90.0 Å². The van der Waals surface area contributed by atoms with Gasteiger partial charge < -0.3 is 5.41 Å². The highest BCUT2D eigenvalue weighted by atomic mass is 14.7. The topological polar surface area (TPSA) is 36.2 Å². The van der Waals surface area contributed by atoms with Crippen molar-refractivity contribution in [1.29, 1.82) is 5.41 Å². The van der Waals surface area contributed by atoms with Crippen LogP contribution in [0.2, 0.25) is 0 Å². The van der Waals surface area contributed by atoms with E-state index in [9.17, 15) is 0 Å². The van der Waals surface area contributed by atoms with Gasteiger partial charge in [0.25, 0.3) is 0 Å². The van der Waals surface area contributed by atoms with Gasteiger partial charge in [-0.05, 0) is 31.1 Å². The summed E-state index contributed by atoms with van der Waals surface area (Å²) >= 11 is 0. The van der Waals surface area contributed by atoms with Crippen LogP contribution in [0.5, 0.6) is 0 Å². The van der Waals surface area contributed by atoms with E-state index >= 15 is 0 Å². The van der Waals surface area contributed by atoms with E-state index in [1.54, 1.807) is 0 Å². The zero-order chi connectivity index (χ0) is 18.4. The fourth-order valence-electron chi connectivity index (χ4n) is 2.87. The standard InChI is InChI=1S/C24H22N2/c1-18-13-19(2)15-20(14-18)17-26-24(22-11-7-4-8-12-22)16-23(25)21-9-5-3-6-10-21/h3-17,25H,1-2H3/b24-16-,25-23?,26-17?.